The molecule has 0 radical (unpaired) electrons. The topological polar surface area (TPSA) is 46.3 Å². The third-order valence-corrected chi connectivity index (χ3v) is 2.56. The van der Waals surface area contributed by atoms with Crippen LogP contribution in [-0.2, 0) is 11.2 Å². The number of hydrogen-bond donors (Lipinski definition) is 1. The van der Waals surface area contributed by atoms with E-state index in [1.54, 1.807) is 4.90 Å². The van der Waals surface area contributed by atoms with Gasteiger partial charge in [0.2, 0.25) is 5.91 Å². The van der Waals surface area contributed by atoms with E-state index in [9.17, 15) is 4.79 Å². The molecule has 1 aliphatic heterocycles. The molecule has 74 valence electrons. The van der Waals surface area contributed by atoms with Crippen molar-refractivity contribution in [1.29, 1.82) is 0 Å². The van der Waals surface area contributed by atoms with Gasteiger partial charge in [-0.2, -0.15) is 0 Å². The molecule has 2 rings (SSSR count). The Morgan fingerprint density at radius 3 is 2.64 bits per heavy atom. The number of β-lactam (4-membered cyclic amide) rings is 1. The van der Waals surface area contributed by atoms with Crippen LogP contribution in [0.1, 0.15) is 5.56 Å². The molecule has 0 saturated carbocycles. The summed E-state index contributed by atoms with van der Waals surface area (Å²) in [5, 5.41) is 0. The van der Waals surface area contributed by atoms with Gasteiger partial charge in [-0.15, -0.1) is 0 Å². The van der Waals surface area contributed by atoms with E-state index >= 15 is 0 Å². The number of nitrogens with zero attached hydrogens (tertiary/aromatic N) is 1. The van der Waals surface area contributed by atoms with E-state index in [-0.39, 0.29) is 11.9 Å². The zero-order valence-corrected chi connectivity index (χ0v) is 8.02. The summed E-state index contributed by atoms with van der Waals surface area (Å²) < 4.78 is 0. The molecular weight excluding hydrogens is 176 g/mol. The van der Waals surface area contributed by atoms with Gasteiger partial charge in [0.15, 0.2) is 0 Å². The summed E-state index contributed by atoms with van der Waals surface area (Å²) in [6, 6.07) is 9.92. The molecule has 2 N–H and O–H groups in total. The second kappa shape index (κ2) is 3.80. The van der Waals surface area contributed by atoms with Crippen molar-refractivity contribution >= 4 is 5.91 Å². The Morgan fingerprint density at radius 2 is 2.07 bits per heavy atom. The van der Waals surface area contributed by atoms with E-state index in [0.29, 0.717) is 6.54 Å². The van der Waals surface area contributed by atoms with Gasteiger partial charge in [-0.25, -0.2) is 0 Å². The molecular formula is C11H14N2O. The van der Waals surface area contributed by atoms with Gasteiger partial charge in [0.1, 0.15) is 6.04 Å². The number of amides is 1. The lowest BCUT2D eigenvalue weighted by atomic mass is 10.1. The van der Waals surface area contributed by atoms with Crippen LogP contribution in [0.25, 0.3) is 0 Å². The number of benzene rings is 1. The van der Waals surface area contributed by atoms with Crippen LogP contribution in [0.2, 0.25) is 0 Å². The first kappa shape index (κ1) is 9.21. The molecule has 3 nitrogen and oxygen atoms in total. The van der Waals surface area contributed by atoms with Crippen molar-refractivity contribution < 1.29 is 4.79 Å². The minimum absolute atomic E-state index is 0.0842. The van der Waals surface area contributed by atoms with Crippen LogP contribution in [0.15, 0.2) is 30.3 Å². The van der Waals surface area contributed by atoms with Crippen molar-refractivity contribution in [2.75, 3.05) is 13.1 Å². The van der Waals surface area contributed by atoms with Gasteiger partial charge in [-0.1, -0.05) is 30.3 Å². The predicted molar refractivity (Wildman–Crippen MR) is 54.7 cm³/mol. The molecule has 1 atom stereocenters. The fraction of sp³-hybridized carbons (Fsp3) is 0.364. The van der Waals surface area contributed by atoms with Crippen molar-refractivity contribution in [3.05, 3.63) is 35.9 Å². The summed E-state index contributed by atoms with van der Waals surface area (Å²) in [6.07, 6.45) is 0.916. The lowest BCUT2D eigenvalue weighted by Gasteiger charge is -2.36. The summed E-state index contributed by atoms with van der Waals surface area (Å²) in [5.74, 6) is 0.0842. The van der Waals surface area contributed by atoms with Crippen LogP contribution in [0.4, 0.5) is 0 Å². The number of likely N-dealkylation sites (tertiary alicyclic amines) is 1. The van der Waals surface area contributed by atoms with Crippen molar-refractivity contribution in [3.8, 4) is 0 Å². The largest absolute Gasteiger partial charge is 0.339 e. The van der Waals surface area contributed by atoms with E-state index in [1.165, 1.54) is 5.56 Å². The van der Waals surface area contributed by atoms with Gasteiger partial charge < -0.3 is 10.6 Å². The van der Waals surface area contributed by atoms with Crippen LogP contribution in [-0.4, -0.2) is 29.9 Å². The number of rotatable bonds is 3. The maximum Gasteiger partial charge on any atom is 0.241 e. The Kier molecular flexibility index (Phi) is 2.50. The smallest absolute Gasteiger partial charge is 0.241 e. The number of hydrogen-bond acceptors (Lipinski definition) is 2. The Labute approximate surface area is 83.5 Å². The maximum atomic E-state index is 11.2. The van der Waals surface area contributed by atoms with E-state index in [1.807, 2.05) is 18.2 Å². The second-order valence-electron chi connectivity index (χ2n) is 3.63. The number of nitrogens with two attached hydrogens (primary N) is 1. The Bertz CT molecular complexity index is 323. The third-order valence-electron chi connectivity index (χ3n) is 2.56. The molecule has 1 aromatic carbocycles. The maximum absolute atomic E-state index is 11.2. The molecule has 1 aliphatic rings. The van der Waals surface area contributed by atoms with Crippen LogP contribution < -0.4 is 5.73 Å². The quantitative estimate of drug-likeness (QED) is 0.701. The highest BCUT2D eigenvalue weighted by Crippen LogP contribution is 2.09. The van der Waals surface area contributed by atoms with Crippen LogP contribution in [0.3, 0.4) is 0 Å². The molecule has 0 bridgehead atoms. The molecule has 3 heteroatoms. The first-order valence-electron chi connectivity index (χ1n) is 4.85. The lowest BCUT2D eigenvalue weighted by molar-refractivity contribution is -0.142. The van der Waals surface area contributed by atoms with Crippen molar-refractivity contribution in [2.24, 2.45) is 5.73 Å². The Balaban J connectivity index is 1.82. The minimum Gasteiger partial charge on any atom is -0.339 e. The Morgan fingerprint density at radius 1 is 1.36 bits per heavy atom. The number of carbonyl (C=O) groups excluding carboxylic acids is 1. The standard InChI is InChI=1S/C11H14N2O/c12-10-8-13(11(10)14)7-6-9-4-2-1-3-5-9/h1-5,10H,6-8,12H2. The molecule has 14 heavy (non-hydrogen) atoms. The predicted octanol–water partition coefficient (Wildman–Crippen LogP) is 0.399. The van der Waals surface area contributed by atoms with Crippen molar-refractivity contribution in [2.45, 2.75) is 12.5 Å². The monoisotopic (exact) mass is 190 g/mol. The normalized spacial score (nSPS) is 20.8. The molecule has 1 unspecified atom stereocenters. The van der Waals surface area contributed by atoms with E-state index in [0.717, 1.165) is 13.0 Å². The third kappa shape index (κ3) is 1.77. The van der Waals surface area contributed by atoms with Gasteiger partial charge in [0, 0.05) is 13.1 Å². The van der Waals surface area contributed by atoms with E-state index in [4.69, 9.17) is 5.73 Å². The molecule has 1 fully saturated rings. The summed E-state index contributed by atoms with van der Waals surface area (Å²) in [7, 11) is 0. The average molecular weight is 190 g/mol. The molecule has 0 spiro atoms. The molecule has 0 aliphatic carbocycles. The highest BCUT2D eigenvalue weighted by Gasteiger charge is 2.32. The summed E-state index contributed by atoms with van der Waals surface area (Å²) in [5.41, 5.74) is 6.75. The fourth-order valence-electron chi connectivity index (χ4n) is 1.64. The van der Waals surface area contributed by atoms with E-state index in [2.05, 4.69) is 12.1 Å². The van der Waals surface area contributed by atoms with Crippen molar-refractivity contribution in [3.63, 3.8) is 0 Å². The molecule has 1 heterocycles. The molecule has 1 saturated heterocycles. The zero-order valence-electron chi connectivity index (χ0n) is 8.02. The highest BCUT2D eigenvalue weighted by atomic mass is 16.2. The Hall–Kier alpha value is -1.35. The fourth-order valence-corrected chi connectivity index (χ4v) is 1.64. The molecule has 0 aromatic heterocycles. The molecule has 1 amide bonds. The van der Waals surface area contributed by atoms with Gasteiger partial charge in [-0.05, 0) is 12.0 Å². The van der Waals surface area contributed by atoms with Crippen molar-refractivity contribution in [1.82, 2.24) is 4.90 Å². The minimum atomic E-state index is -0.245. The first-order valence-corrected chi connectivity index (χ1v) is 4.85. The first-order chi connectivity index (χ1) is 6.77. The van der Waals surface area contributed by atoms with Gasteiger partial charge in [-0.3, -0.25) is 4.79 Å². The van der Waals surface area contributed by atoms with Gasteiger partial charge in [0.25, 0.3) is 0 Å². The van der Waals surface area contributed by atoms with Gasteiger partial charge >= 0.3 is 0 Å². The second-order valence-corrected chi connectivity index (χ2v) is 3.63. The number of carbonyl (C=O) groups is 1. The van der Waals surface area contributed by atoms with Crippen LogP contribution in [0, 0.1) is 0 Å². The summed E-state index contributed by atoms with van der Waals surface area (Å²) in [4.78, 5) is 13.0. The molecule has 1 aromatic rings. The van der Waals surface area contributed by atoms with E-state index < -0.39 is 0 Å². The highest BCUT2D eigenvalue weighted by molar-refractivity contribution is 5.87. The average Bonchev–Trinajstić information content (AvgIpc) is 2.25. The SMILES string of the molecule is NC1CN(CCc2ccccc2)C1=O. The van der Waals surface area contributed by atoms with Crippen LogP contribution in [0.5, 0.6) is 0 Å². The van der Waals surface area contributed by atoms with Crippen LogP contribution >= 0.6 is 0 Å². The summed E-state index contributed by atoms with van der Waals surface area (Å²) >= 11 is 0. The zero-order chi connectivity index (χ0) is 9.97. The summed E-state index contributed by atoms with van der Waals surface area (Å²) in [6.45, 7) is 1.50. The van der Waals surface area contributed by atoms with Gasteiger partial charge in [0.05, 0.1) is 0 Å². The lowest BCUT2D eigenvalue weighted by Crippen LogP contribution is -2.61.